The monoisotopic (exact) mass is 230 g/mol. The summed E-state index contributed by atoms with van der Waals surface area (Å²) in [5, 5.41) is 2.77. The molecule has 1 amide bonds. The van der Waals surface area contributed by atoms with E-state index in [0.717, 1.165) is 11.3 Å². The van der Waals surface area contributed by atoms with Crippen molar-refractivity contribution in [2.45, 2.75) is 20.8 Å². The Morgan fingerprint density at radius 3 is 2.59 bits per heavy atom. The molecule has 0 unspecified atom stereocenters. The van der Waals surface area contributed by atoms with E-state index < -0.39 is 0 Å². The highest BCUT2D eigenvalue weighted by molar-refractivity contribution is 6.02. The van der Waals surface area contributed by atoms with E-state index in [-0.39, 0.29) is 11.7 Å². The third-order valence-corrected chi connectivity index (χ3v) is 2.61. The average Bonchev–Trinajstić information content (AvgIpc) is 2.70. The highest BCUT2D eigenvalue weighted by Crippen LogP contribution is 2.15. The minimum absolute atomic E-state index is 0.223. The van der Waals surface area contributed by atoms with Crippen molar-refractivity contribution in [1.29, 1.82) is 0 Å². The van der Waals surface area contributed by atoms with Gasteiger partial charge in [0.1, 0.15) is 0 Å². The normalized spacial score (nSPS) is 10.3. The number of hydrogen-bond acceptors (Lipinski definition) is 3. The van der Waals surface area contributed by atoms with Gasteiger partial charge in [-0.3, -0.25) is 4.79 Å². The summed E-state index contributed by atoms with van der Waals surface area (Å²) < 4.78 is 5.15. The number of carbonyl (C=O) groups is 1. The van der Waals surface area contributed by atoms with E-state index in [4.69, 9.17) is 4.42 Å². The molecule has 0 aliphatic carbocycles. The fourth-order valence-electron chi connectivity index (χ4n) is 1.48. The third-order valence-electron chi connectivity index (χ3n) is 2.61. The van der Waals surface area contributed by atoms with Gasteiger partial charge >= 0.3 is 0 Å². The molecule has 0 spiro atoms. The Kier molecular flexibility index (Phi) is 2.95. The van der Waals surface area contributed by atoms with Gasteiger partial charge in [-0.25, -0.2) is 4.98 Å². The maximum atomic E-state index is 11.8. The number of hydrogen-bond donors (Lipinski definition) is 1. The van der Waals surface area contributed by atoms with Gasteiger partial charge < -0.3 is 9.73 Å². The van der Waals surface area contributed by atoms with Gasteiger partial charge in [-0.05, 0) is 37.1 Å². The topological polar surface area (TPSA) is 55.1 Å². The first-order chi connectivity index (χ1) is 8.06. The Morgan fingerprint density at radius 1 is 1.24 bits per heavy atom. The Labute approximate surface area is 99.7 Å². The molecule has 4 nitrogen and oxygen atoms in total. The van der Waals surface area contributed by atoms with E-state index in [1.165, 1.54) is 11.8 Å². The maximum absolute atomic E-state index is 11.8. The summed E-state index contributed by atoms with van der Waals surface area (Å²) in [6.07, 6.45) is 1.42. The molecule has 1 aromatic carbocycles. The highest BCUT2D eigenvalue weighted by Gasteiger charge is 2.11. The summed E-state index contributed by atoms with van der Waals surface area (Å²) in [5.74, 6) is 0.421. The van der Waals surface area contributed by atoms with Gasteiger partial charge in [-0.1, -0.05) is 6.07 Å². The van der Waals surface area contributed by atoms with Crippen molar-refractivity contribution in [2.24, 2.45) is 0 Å². The fraction of sp³-hybridized carbons (Fsp3) is 0.231. The van der Waals surface area contributed by atoms with Crippen LogP contribution in [0.25, 0.3) is 0 Å². The van der Waals surface area contributed by atoms with Gasteiger partial charge in [-0.15, -0.1) is 0 Å². The summed E-state index contributed by atoms with van der Waals surface area (Å²) in [6, 6.07) is 5.76. The van der Waals surface area contributed by atoms with Crippen LogP contribution in [0.2, 0.25) is 0 Å². The molecule has 2 aromatic rings. The van der Waals surface area contributed by atoms with Crippen molar-refractivity contribution < 1.29 is 9.21 Å². The quantitative estimate of drug-likeness (QED) is 0.863. The molecule has 1 N–H and O–H groups in total. The number of anilines is 1. The first-order valence-electron chi connectivity index (χ1n) is 5.37. The minimum atomic E-state index is -0.283. The highest BCUT2D eigenvalue weighted by atomic mass is 16.4. The van der Waals surface area contributed by atoms with Crippen molar-refractivity contribution in [3.05, 3.63) is 47.2 Å². The number of carbonyl (C=O) groups excluding carboxylic acids is 1. The largest absolute Gasteiger partial charge is 0.436 e. The van der Waals surface area contributed by atoms with Crippen LogP contribution >= 0.6 is 0 Å². The fourth-order valence-corrected chi connectivity index (χ4v) is 1.48. The molecule has 4 heteroatoms. The third kappa shape index (κ3) is 2.53. The van der Waals surface area contributed by atoms with E-state index >= 15 is 0 Å². The summed E-state index contributed by atoms with van der Waals surface area (Å²) in [7, 11) is 0. The maximum Gasteiger partial charge on any atom is 0.293 e. The Hall–Kier alpha value is -2.10. The zero-order chi connectivity index (χ0) is 12.4. The van der Waals surface area contributed by atoms with Crippen LogP contribution in [0.15, 0.2) is 28.8 Å². The van der Waals surface area contributed by atoms with E-state index in [2.05, 4.69) is 10.3 Å². The van der Waals surface area contributed by atoms with Crippen molar-refractivity contribution >= 4 is 11.6 Å². The second-order valence-corrected chi connectivity index (χ2v) is 4.00. The first kappa shape index (κ1) is 11.4. The van der Waals surface area contributed by atoms with Crippen LogP contribution in [0.3, 0.4) is 0 Å². The lowest BCUT2D eigenvalue weighted by Gasteiger charge is -2.05. The Morgan fingerprint density at radius 2 is 2.00 bits per heavy atom. The smallest absolute Gasteiger partial charge is 0.293 e. The molecule has 17 heavy (non-hydrogen) atoms. The second-order valence-electron chi connectivity index (χ2n) is 4.00. The number of aromatic nitrogens is 1. The summed E-state index contributed by atoms with van der Waals surface area (Å²) in [6.45, 7) is 5.73. The van der Waals surface area contributed by atoms with Crippen LogP contribution in [-0.4, -0.2) is 10.9 Å². The average molecular weight is 230 g/mol. The molecule has 0 radical (unpaired) electrons. The van der Waals surface area contributed by atoms with E-state index in [1.807, 2.05) is 32.0 Å². The molecule has 1 heterocycles. The predicted octanol–water partition coefficient (Wildman–Crippen LogP) is 2.85. The molecule has 0 saturated carbocycles. The molecular weight excluding hydrogens is 216 g/mol. The van der Waals surface area contributed by atoms with Crippen molar-refractivity contribution in [1.82, 2.24) is 4.98 Å². The molecule has 0 bridgehead atoms. The SMILES string of the molecule is Cc1ncc(C(=O)Nc2ccc(C)c(C)c2)o1. The van der Waals surface area contributed by atoms with Gasteiger partial charge in [0.15, 0.2) is 5.89 Å². The number of benzene rings is 1. The zero-order valence-corrected chi connectivity index (χ0v) is 10.1. The molecule has 1 aromatic heterocycles. The van der Waals surface area contributed by atoms with Crippen molar-refractivity contribution in [2.75, 3.05) is 5.32 Å². The van der Waals surface area contributed by atoms with E-state index in [9.17, 15) is 4.79 Å². The standard InChI is InChI=1S/C13H14N2O2/c1-8-4-5-11(6-9(8)2)15-13(16)12-7-14-10(3)17-12/h4-7H,1-3H3,(H,15,16). The van der Waals surface area contributed by atoms with Crippen LogP contribution in [0.4, 0.5) is 5.69 Å². The molecule has 2 rings (SSSR count). The van der Waals surface area contributed by atoms with Crippen molar-refractivity contribution in [3.8, 4) is 0 Å². The summed E-state index contributed by atoms with van der Waals surface area (Å²) >= 11 is 0. The molecule has 88 valence electrons. The molecule has 0 atom stereocenters. The molecule has 0 aliphatic heterocycles. The molecular formula is C13H14N2O2. The lowest BCUT2D eigenvalue weighted by atomic mass is 10.1. The van der Waals surface area contributed by atoms with Crippen molar-refractivity contribution in [3.63, 3.8) is 0 Å². The molecule has 0 aliphatic rings. The van der Waals surface area contributed by atoms with E-state index in [1.54, 1.807) is 6.92 Å². The minimum Gasteiger partial charge on any atom is -0.436 e. The second kappa shape index (κ2) is 4.41. The van der Waals surface area contributed by atoms with E-state index in [0.29, 0.717) is 5.89 Å². The van der Waals surface area contributed by atoms with Crippen LogP contribution in [0.5, 0.6) is 0 Å². The Balaban J connectivity index is 2.15. The zero-order valence-electron chi connectivity index (χ0n) is 10.1. The van der Waals surface area contributed by atoms with Crippen LogP contribution in [0.1, 0.15) is 27.6 Å². The van der Waals surface area contributed by atoms with Crippen LogP contribution < -0.4 is 5.32 Å². The lowest BCUT2D eigenvalue weighted by molar-refractivity contribution is 0.0995. The predicted molar refractivity (Wildman–Crippen MR) is 65.1 cm³/mol. The summed E-state index contributed by atoms with van der Waals surface area (Å²) in [5.41, 5.74) is 3.09. The number of amides is 1. The number of nitrogens with zero attached hydrogens (tertiary/aromatic N) is 1. The molecule has 0 fully saturated rings. The van der Waals surface area contributed by atoms with Gasteiger partial charge in [0, 0.05) is 12.6 Å². The van der Waals surface area contributed by atoms with Gasteiger partial charge in [0.25, 0.3) is 5.91 Å². The number of rotatable bonds is 2. The molecule has 0 saturated heterocycles. The summed E-state index contributed by atoms with van der Waals surface area (Å²) in [4.78, 5) is 15.7. The number of oxazole rings is 1. The lowest BCUT2D eigenvalue weighted by Crippen LogP contribution is -2.11. The first-order valence-corrected chi connectivity index (χ1v) is 5.37. The van der Waals surface area contributed by atoms with Gasteiger partial charge in [0.2, 0.25) is 5.76 Å². The van der Waals surface area contributed by atoms with Crippen LogP contribution in [0, 0.1) is 20.8 Å². The van der Waals surface area contributed by atoms with Gasteiger partial charge in [-0.2, -0.15) is 0 Å². The number of nitrogens with one attached hydrogen (secondary N) is 1. The number of aryl methyl sites for hydroxylation is 3. The van der Waals surface area contributed by atoms with Gasteiger partial charge in [0.05, 0.1) is 6.20 Å². The van der Waals surface area contributed by atoms with Crippen LogP contribution in [-0.2, 0) is 0 Å². The Bertz CT molecular complexity index is 558.